The summed E-state index contributed by atoms with van der Waals surface area (Å²) in [5, 5.41) is 17.7. The third kappa shape index (κ3) is 2.45. The second-order valence-electron chi connectivity index (χ2n) is 4.75. The van der Waals surface area contributed by atoms with Crippen molar-refractivity contribution in [1.29, 1.82) is 5.26 Å². The van der Waals surface area contributed by atoms with Gasteiger partial charge >= 0.3 is 0 Å². The monoisotopic (exact) mass is 312 g/mol. The van der Waals surface area contributed by atoms with Crippen molar-refractivity contribution in [2.24, 2.45) is 0 Å². The molecule has 0 aliphatic heterocycles. The predicted molar refractivity (Wildman–Crippen MR) is 81.2 cm³/mol. The maximum Gasteiger partial charge on any atom is 0.191 e. The van der Waals surface area contributed by atoms with Crippen molar-refractivity contribution in [3.8, 4) is 23.0 Å². The van der Waals surface area contributed by atoms with Crippen LogP contribution in [0.3, 0.4) is 0 Å². The highest BCUT2D eigenvalue weighted by Gasteiger charge is 2.17. The van der Waals surface area contributed by atoms with Crippen LogP contribution in [0.2, 0.25) is 5.02 Å². The average molecular weight is 313 g/mol. The van der Waals surface area contributed by atoms with E-state index in [-0.39, 0.29) is 5.69 Å². The van der Waals surface area contributed by atoms with E-state index < -0.39 is 5.82 Å². The van der Waals surface area contributed by atoms with Crippen LogP contribution in [0.15, 0.2) is 42.5 Å². The van der Waals surface area contributed by atoms with E-state index in [2.05, 4.69) is 10.3 Å². The summed E-state index contributed by atoms with van der Waals surface area (Å²) in [7, 11) is 0. The molecule has 0 fully saturated rings. The topological polar surface area (TPSA) is 54.5 Å². The Kier molecular flexibility index (Phi) is 3.61. The predicted octanol–water partition coefficient (Wildman–Crippen LogP) is 3.91. The van der Waals surface area contributed by atoms with Gasteiger partial charge < -0.3 is 0 Å². The Morgan fingerprint density at radius 2 is 2.05 bits per heavy atom. The lowest BCUT2D eigenvalue weighted by atomic mass is 10.1. The number of aryl methyl sites for hydroxylation is 1. The molecule has 0 aliphatic rings. The average Bonchev–Trinajstić information content (AvgIpc) is 2.94. The van der Waals surface area contributed by atoms with Crippen molar-refractivity contribution in [2.45, 2.75) is 6.92 Å². The summed E-state index contributed by atoms with van der Waals surface area (Å²) < 4.78 is 15.0. The molecule has 3 aromatic rings. The summed E-state index contributed by atoms with van der Waals surface area (Å²) >= 11 is 6.14. The molecule has 108 valence electrons. The molecule has 0 N–H and O–H groups in total. The minimum absolute atomic E-state index is 0.127. The summed E-state index contributed by atoms with van der Waals surface area (Å²) in [6.45, 7) is 1.89. The van der Waals surface area contributed by atoms with Gasteiger partial charge in [-0.3, -0.25) is 0 Å². The van der Waals surface area contributed by atoms with Gasteiger partial charge in [0.25, 0.3) is 0 Å². The van der Waals surface area contributed by atoms with Gasteiger partial charge in [-0.05, 0) is 36.8 Å². The summed E-state index contributed by atoms with van der Waals surface area (Å²) in [5.74, 6) is -0.393. The van der Waals surface area contributed by atoms with Crippen LogP contribution in [-0.4, -0.2) is 15.0 Å². The normalized spacial score (nSPS) is 10.5. The first-order valence-electron chi connectivity index (χ1n) is 6.48. The maximum absolute atomic E-state index is 13.5. The first-order chi connectivity index (χ1) is 10.6. The van der Waals surface area contributed by atoms with Crippen LogP contribution in [-0.2, 0) is 0 Å². The van der Waals surface area contributed by atoms with E-state index in [4.69, 9.17) is 11.6 Å². The molecule has 2 aromatic carbocycles. The maximum atomic E-state index is 13.5. The second kappa shape index (κ2) is 5.58. The van der Waals surface area contributed by atoms with Gasteiger partial charge in [-0.1, -0.05) is 35.0 Å². The molecule has 1 heterocycles. The number of halogens is 2. The molecule has 0 amide bonds. The Bertz CT molecular complexity index is 895. The van der Waals surface area contributed by atoms with Crippen LogP contribution in [0.5, 0.6) is 0 Å². The van der Waals surface area contributed by atoms with Crippen molar-refractivity contribution >= 4 is 11.6 Å². The Labute approximate surface area is 131 Å². The summed E-state index contributed by atoms with van der Waals surface area (Å²) in [6, 6.07) is 13.3. The van der Waals surface area contributed by atoms with Crippen LogP contribution in [0.1, 0.15) is 11.3 Å². The Balaban J connectivity index is 2.24. The van der Waals surface area contributed by atoms with E-state index in [1.807, 2.05) is 25.1 Å². The lowest BCUT2D eigenvalue weighted by Crippen LogP contribution is -2.00. The van der Waals surface area contributed by atoms with Crippen molar-refractivity contribution in [1.82, 2.24) is 15.0 Å². The van der Waals surface area contributed by atoms with Crippen LogP contribution >= 0.6 is 11.6 Å². The quantitative estimate of drug-likeness (QED) is 0.721. The number of aromatic nitrogens is 3. The van der Waals surface area contributed by atoms with E-state index >= 15 is 0 Å². The molecule has 0 atom stereocenters. The minimum Gasteiger partial charge on any atom is -0.211 e. The molecule has 4 nitrogen and oxygen atoms in total. The molecule has 6 heteroatoms. The molecule has 1 aromatic heterocycles. The zero-order valence-electron chi connectivity index (χ0n) is 11.6. The summed E-state index contributed by atoms with van der Waals surface area (Å²) in [6.07, 6.45) is 0. The molecule has 22 heavy (non-hydrogen) atoms. The largest absolute Gasteiger partial charge is 0.211 e. The van der Waals surface area contributed by atoms with Gasteiger partial charge in [0.15, 0.2) is 5.69 Å². The number of nitriles is 1. The van der Waals surface area contributed by atoms with Crippen LogP contribution in [0, 0.1) is 24.1 Å². The lowest BCUT2D eigenvalue weighted by Gasteiger charge is -2.08. The van der Waals surface area contributed by atoms with Gasteiger partial charge in [-0.2, -0.15) is 5.26 Å². The van der Waals surface area contributed by atoms with E-state index in [1.54, 1.807) is 18.2 Å². The van der Waals surface area contributed by atoms with Crippen LogP contribution in [0.25, 0.3) is 16.9 Å². The third-order valence-electron chi connectivity index (χ3n) is 3.27. The Morgan fingerprint density at radius 3 is 2.73 bits per heavy atom. The lowest BCUT2D eigenvalue weighted by molar-refractivity contribution is 0.628. The summed E-state index contributed by atoms with van der Waals surface area (Å²) in [4.78, 5) is 0. The molecule has 0 unspecified atom stereocenters. The van der Waals surface area contributed by atoms with E-state index in [0.29, 0.717) is 22.0 Å². The second-order valence-corrected chi connectivity index (χ2v) is 5.16. The van der Waals surface area contributed by atoms with Gasteiger partial charge in [0.1, 0.15) is 17.6 Å². The highest BCUT2D eigenvalue weighted by Crippen LogP contribution is 2.27. The number of rotatable bonds is 2. The van der Waals surface area contributed by atoms with Gasteiger partial charge in [-0.15, -0.1) is 5.10 Å². The number of benzene rings is 2. The highest BCUT2D eigenvalue weighted by atomic mass is 35.5. The molecule has 0 bridgehead atoms. The Hall–Kier alpha value is -2.71. The molecule has 0 spiro atoms. The number of hydrogen-bond donors (Lipinski definition) is 0. The smallest absolute Gasteiger partial charge is 0.191 e. The van der Waals surface area contributed by atoms with Crippen molar-refractivity contribution in [2.75, 3.05) is 0 Å². The van der Waals surface area contributed by atoms with Crippen molar-refractivity contribution in [3.05, 3.63) is 64.6 Å². The zero-order chi connectivity index (χ0) is 15.7. The van der Waals surface area contributed by atoms with Crippen LogP contribution < -0.4 is 0 Å². The third-order valence-corrected chi connectivity index (χ3v) is 3.68. The fourth-order valence-electron chi connectivity index (χ4n) is 2.15. The van der Waals surface area contributed by atoms with E-state index in [0.717, 1.165) is 5.56 Å². The first-order valence-corrected chi connectivity index (χ1v) is 6.86. The highest BCUT2D eigenvalue weighted by molar-refractivity contribution is 6.31. The molecule has 0 saturated heterocycles. The minimum atomic E-state index is -0.393. The fourth-order valence-corrected chi connectivity index (χ4v) is 2.32. The fraction of sp³-hybridized carbons (Fsp3) is 0.0625. The van der Waals surface area contributed by atoms with Crippen molar-refractivity contribution in [3.63, 3.8) is 0 Å². The Morgan fingerprint density at radius 1 is 1.23 bits per heavy atom. The summed E-state index contributed by atoms with van der Waals surface area (Å²) in [5.41, 5.74) is 2.67. The van der Waals surface area contributed by atoms with Gasteiger partial charge in [-0.25, -0.2) is 9.07 Å². The van der Waals surface area contributed by atoms with Gasteiger partial charge in [0.2, 0.25) is 0 Å². The molecule has 0 aliphatic carbocycles. The molecular weight excluding hydrogens is 303 g/mol. The standard InChI is InChI=1S/C16H10ClFN4/c1-10-5-6-13(8-14(10)17)22-16(15(9-19)20-21-22)11-3-2-4-12(18)7-11/h2-8H,1H3. The molecule has 3 rings (SSSR count). The molecular formula is C16H10ClFN4. The van der Waals surface area contributed by atoms with Crippen LogP contribution in [0.4, 0.5) is 4.39 Å². The van der Waals surface area contributed by atoms with Gasteiger partial charge in [0, 0.05) is 10.6 Å². The molecule has 0 radical (unpaired) electrons. The van der Waals surface area contributed by atoms with Crippen molar-refractivity contribution < 1.29 is 4.39 Å². The number of hydrogen-bond acceptors (Lipinski definition) is 3. The van der Waals surface area contributed by atoms with E-state index in [9.17, 15) is 9.65 Å². The SMILES string of the molecule is Cc1ccc(-n2nnc(C#N)c2-c2cccc(F)c2)cc1Cl. The number of nitrogens with zero attached hydrogens (tertiary/aromatic N) is 4. The van der Waals surface area contributed by atoms with E-state index in [1.165, 1.54) is 16.8 Å². The zero-order valence-corrected chi connectivity index (χ0v) is 12.3. The van der Waals surface area contributed by atoms with Gasteiger partial charge in [0.05, 0.1) is 5.69 Å². The molecule has 0 saturated carbocycles. The first kappa shape index (κ1) is 14.2.